The van der Waals surface area contributed by atoms with Gasteiger partial charge in [0.05, 0.1) is 17.4 Å². The fourth-order valence-corrected chi connectivity index (χ4v) is 3.18. The smallest absolute Gasteiger partial charge is 0.0672 e. The molecule has 0 fully saturated rings. The van der Waals surface area contributed by atoms with Crippen molar-refractivity contribution in [3.63, 3.8) is 0 Å². The summed E-state index contributed by atoms with van der Waals surface area (Å²) in [5, 5.41) is 9.13. The van der Waals surface area contributed by atoms with Gasteiger partial charge in [-0.25, -0.2) is 0 Å². The number of rotatable bonds is 0. The van der Waals surface area contributed by atoms with Gasteiger partial charge in [0.1, 0.15) is 0 Å². The SMILES string of the molecule is N#C[C@@H]1[C@@H]2C=C[C@H]1c1ccccc1[C@@H]2Cl. The lowest BCUT2D eigenvalue weighted by Gasteiger charge is -2.31. The zero-order valence-corrected chi connectivity index (χ0v) is 8.85. The van der Waals surface area contributed by atoms with E-state index in [4.69, 9.17) is 16.9 Å². The Balaban J connectivity index is 2.20. The summed E-state index contributed by atoms with van der Waals surface area (Å²) >= 11 is 6.41. The number of fused-ring (bicyclic) bond motifs is 4. The van der Waals surface area contributed by atoms with E-state index in [1.165, 1.54) is 11.1 Å². The lowest BCUT2D eigenvalue weighted by molar-refractivity contribution is 0.438. The van der Waals surface area contributed by atoms with Crippen molar-refractivity contribution in [2.24, 2.45) is 11.8 Å². The molecule has 0 radical (unpaired) electrons. The molecule has 1 nitrogen and oxygen atoms in total. The molecule has 74 valence electrons. The van der Waals surface area contributed by atoms with Crippen molar-refractivity contribution < 1.29 is 0 Å². The molecule has 2 aliphatic carbocycles. The lowest BCUT2D eigenvalue weighted by atomic mass is 9.74. The lowest BCUT2D eigenvalue weighted by Crippen LogP contribution is -2.23. The quantitative estimate of drug-likeness (QED) is 0.481. The van der Waals surface area contributed by atoms with Gasteiger partial charge in [-0.15, -0.1) is 11.6 Å². The van der Waals surface area contributed by atoms with Gasteiger partial charge < -0.3 is 0 Å². The molecule has 4 atom stereocenters. The van der Waals surface area contributed by atoms with Crippen molar-refractivity contribution in [2.45, 2.75) is 11.3 Å². The summed E-state index contributed by atoms with van der Waals surface area (Å²) in [7, 11) is 0. The molecular weight excluding hydrogens is 206 g/mol. The number of hydrogen-bond acceptors (Lipinski definition) is 1. The summed E-state index contributed by atoms with van der Waals surface area (Å²) in [6.07, 6.45) is 4.25. The van der Waals surface area contributed by atoms with Crippen LogP contribution in [-0.4, -0.2) is 0 Å². The highest BCUT2D eigenvalue weighted by Gasteiger charge is 2.43. The van der Waals surface area contributed by atoms with Gasteiger partial charge in [0, 0.05) is 11.8 Å². The first-order valence-corrected chi connectivity index (χ1v) is 5.57. The maximum Gasteiger partial charge on any atom is 0.0672 e. The molecule has 1 aromatic carbocycles. The topological polar surface area (TPSA) is 23.8 Å². The number of nitrogens with zero attached hydrogens (tertiary/aromatic N) is 1. The highest BCUT2D eigenvalue weighted by Crippen LogP contribution is 2.52. The first kappa shape index (κ1) is 9.00. The van der Waals surface area contributed by atoms with Gasteiger partial charge in [-0.3, -0.25) is 0 Å². The monoisotopic (exact) mass is 215 g/mol. The van der Waals surface area contributed by atoms with Crippen molar-refractivity contribution in [3.8, 4) is 6.07 Å². The fourth-order valence-electron chi connectivity index (χ4n) is 2.74. The predicted molar refractivity (Wildman–Crippen MR) is 59.5 cm³/mol. The molecule has 0 saturated carbocycles. The van der Waals surface area contributed by atoms with Gasteiger partial charge in [-0.1, -0.05) is 36.4 Å². The van der Waals surface area contributed by atoms with E-state index in [1.807, 2.05) is 12.1 Å². The molecular formula is C13H10ClN. The van der Waals surface area contributed by atoms with Crippen LogP contribution in [0.5, 0.6) is 0 Å². The number of benzene rings is 1. The van der Waals surface area contributed by atoms with Crippen LogP contribution >= 0.6 is 11.6 Å². The highest BCUT2D eigenvalue weighted by atomic mass is 35.5. The Labute approximate surface area is 94.0 Å². The van der Waals surface area contributed by atoms with Crippen LogP contribution in [0.3, 0.4) is 0 Å². The minimum absolute atomic E-state index is 0.0300. The van der Waals surface area contributed by atoms with Crippen molar-refractivity contribution >= 4 is 11.6 Å². The molecule has 0 spiro atoms. The second kappa shape index (κ2) is 3.12. The average Bonchev–Trinajstić information content (AvgIpc) is 2.65. The van der Waals surface area contributed by atoms with Gasteiger partial charge in [-0.2, -0.15) is 5.26 Å². The highest BCUT2D eigenvalue weighted by molar-refractivity contribution is 6.21. The summed E-state index contributed by atoms with van der Waals surface area (Å²) in [6, 6.07) is 10.6. The summed E-state index contributed by atoms with van der Waals surface area (Å²) in [5.74, 6) is 0.477. The second-order valence-electron chi connectivity index (χ2n) is 4.17. The molecule has 0 aromatic heterocycles. The third kappa shape index (κ3) is 1.09. The van der Waals surface area contributed by atoms with Crippen molar-refractivity contribution in [2.75, 3.05) is 0 Å². The summed E-state index contributed by atoms with van der Waals surface area (Å²) in [5.41, 5.74) is 2.43. The van der Waals surface area contributed by atoms with Gasteiger partial charge >= 0.3 is 0 Å². The molecule has 2 aliphatic rings. The normalized spacial score (nSPS) is 36.0. The fraction of sp³-hybridized carbons (Fsp3) is 0.308. The summed E-state index contributed by atoms with van der Waals surface area (Å²) < 4.78 is 0. The van der Waals surface area contributed by atoms with Gasteiger partial charge in [0.15, 0.2) is 0 Å². The van der Waals surface area contributed by atoms with Crippen LogP contribution in [0.2, 0.25) is 0 Å². The van der Waals surface area contributed by atoms with Gasteiger partial charge in [-0.05, 0) is 11.1 Å². The van der Waals surface area contributed by atoms with Crippen molar-refractivity contribution in [1.29, 1.82) is 5.26 Å². The van der Waals surface area contributed by atoms with Crippen LogP contribution in [0.1, 0.15) is 22.4 Å². The van der Waals surface area contributed by atoms with Crippen LogP contribution in [0, 0.1) is 23.2 Å². The molecule has 15 heavy (non-hydrogen) atoms. The van der Waals surface area contributed by atoms with Gasteiger partial charge in [0.2, 0.25) is 0 Å². The maximum absolute atomic E-state index is 9.17. The van der Waals surface area contributed by atoms with Crippen LogP contribution < -0.4 is 0 Å². The van der Waals surface area contributed by atoms with Crippen LogP contribution in [0.25, 0.3) is 0 Å². The predicted octanol–water partition coefficient (Wildman–Crippen LogP) is 3.39. The van der Waals surface area contributed by atoms with E-state index < -0.39 is 0 Å². The number of alkyl halides is 1. The molecule has 0 heterocycles. The third-order valence-corrected chi connectivity index (χ3v) is 4.01. The van der Waals surface area contributed by atoms with Crippen LogP contribution in [0.15, 0.2) is 36.4 Å². The van der Waals surface area contributed by atoms with Crippen molar-refractivity contribution in [3.05, 3.63) is 47.5 Å². The number of hydrogen-bond donors (Lipinski definition) is 0. The van der Waals surface area contributed by atoms with E-state index in [9.17, 15) is 0 Å². The first-order valence-electron chi connectivity index (χ1n) is 5.14. The molecule has 1 aromatic rings. The van der Waals surface area contributed by atoms with Crippen molar-refractivity contribution in [1.82, 2.24) is 0 Å². The van der Waals surface area contributed by atoms with Crippen LogP contribution in [0.4, 0.5) is 0 Å². The van der Waals surface area contributed by atoms with E-state index in [0.717, 1.165) is 0 Å². The minimum Gasteiger partial charge on any atom is -0.198 e. The molecule has 0 amide bonds. The number of halogens is 1. The number of allylic oxidation sites excluding steroid dienone is 2. The van der Waals surface area contributed by atoms with E-state index in [2.05, 4.69) is 30.4 Å². The molecule has 0 N–H and O–H groups in total. The Bertz CT molecular complexity index is 472. The summed E-state index contributed by atoms with van der Waals surface area (Å²) in [6.45, 7) is 0. The Morgan fingerprint density at radius 2 is 1.87 bits per heavy atom. The number of nitriles is 1. The van der Waals surface area contributed by atoms with E-state index >= 15 is 0 Å². The second-order valence-corrected chi connectivity index (χ2v) is 4.64. The largest absolute Gasteiger partial charge is 0.198 e. The molecule has 3 rings (SSSR count). The average molecular weight is 216 g/mol. The van der Waals surface area contributed by atoms with E-state index in [1.54, 1.807) is 0 Å². The van der Waals surface area contributed by atoms with Crippen LogP contribution in [-0.2, 0) is 0 Å². The molecule has 2 heteroatoms. The standard InChI is InChI=1S/C13H10ClN/c14-13-10-4-2-1-3-8(10)9-5-6-11(13)12(9)7-15/h1-6,9,11-13H/t9-,11-,12-,13-/m0/s1. The zero-order chi connectivity index (χ0) is 10.4. The van der Waals surface area contributed by atoms with Gasteiger partial charge in [0.25, 0.3) is 0 Å². The van der Waals surface area contributed by atoms with E-state index in [0.29, 0.717) is 0 Å². The summed E-state index contributed by atoms with van der Waals surface area (Å²) in [4.78, 5) is 0. The molecule has 0 aliphatic heterocycles. The Hall–Kier alpha value is -1.26. The molecule has 0 unspecified atom stereocenters. The minimum atomic E-state index is -0.0409. The third-order valence-electron chi connectivity index (χ3n) is 3.48. The maximum atomic E-state index is 9.17. The first-order chi connectivity index (χ1) is 7.33. The zero-order valence-electron chi connectivity index (χ0n) is 8.10. The Morgan fingerprint density at radius 3 is 2.60 bits per heavy atom. The Kier molecular flexibility index (Phi) is 1.87. The van der Waals surface area contributed by atoms with E-state index in [-0.39, 0.29) is 23.1 Å². The Morgan fingerprint density at radius 1 is 1.13 bits per heavy atom. The molecule has 2 bridgehead atoms. The molecule has 0 saturated heterocycles.